The van der Waals surface area contributed by atoms with Gasteiger partial charge in [0.05, 0.1) is 0 Å². The molecule has 21 heavy (non-hydrogen) atoms. The molecular weight excluding hydrogens is 286 g/mol. The van der Waals surface area contributed by atoms with Gasteiger partial charge >= 0.3 is 0 Å². The SMILES string of the molecule is Fc1cccc(-c2ccc(-c3ccccc3)cc2S)c1F. The maximum Gasteiger partial charge on any atom is 0.166 e. The molecule has 0 radical (unpaired) electrons. The summed E-state index contributed by atoms with van der Waals surface area (Å²) >= 11 is 4.42. The number of halogens is 2. The van der Waals surface area contributed by atoms with Gasteiger partial charge in [-0.15, -0.1) is 12.6 Å². The molecule has 0 fully saturated rings. The summed E-state index contributed by atoms with van der Waals surface area (Å²) in [5, 5.41) is 0. The van der Waals surface area contributed by atoms with Crippen LogP contribution in [0, 0.1) is 11.6 Å². The van der Waals surface area contributed by atoms with Crippen LogP contribution in [-0.2, 0) is 0 Å². The molecule has 0 spiro atoms. The summed E-state index contributed by atoms with van der Waals surface area (Å²) in [7, 11) is 0. The minimum Gasteiger partial charge on any atom is -0.204 e. The molecule has 3 rings (SSSR count). The van der Waals surface area contributed by atoms with E-state index in [0.29, 0.717) is 10.5 Å². The second kappa shape index (κ2) is 5.70. The highest BCUT2D eigenvalue weighted by Gasteiger charge is 2.12. The van der Waals surface area contributed by atoms with E-state index in [1.165, 1.54) is 6.07 Å². The first kappa shape index (κ1) is 13.8. The zero-order valence-corrected chi connectivity index (χ0v) is 11.9. The molecule has 0 unspecified atom stereocenters. The quantitative estimate of drug-likeness (QED) is 0.586. The Bertz CT molecular complexity index is 782. The molecule has 3 aromatic carbocycles. The van der Waals surface area contributed by atoms with Crippen molar-refractivity contribution >= 4 is 12.6 Å². The van der Waals surface area contributed by atoms with E-state index in [9.17, 15) is 8.78 Å². The van der Waals surface area contributed by atoms with Crippen LogP contribution < -0.4 is 0 Å². The predicted molar refractivity (Wildman–Crippen MR) is 84.5 cm³/mol. The van der Waals surface area contributed by atoms with Crippen molar-refractivity contribution in [3.8, 4) is 22.3 Å². The number of hydrogen-bond acceptors (Lipinski definition) is 1. The third kappa shape index (κ3) is 2.69. The molecule has 3 aromatic rings. The maximum atomic E-state index is 13.9. The second-order valence-electron chi connectivity index (χ2n) is 4.70. The minimum atomic E-state index is -0.854. The Morgan fingerprint density at radius 3 is 2.14 bits per heavy atom. The van der Waals surface area contributed by atoms with Gasteiger partial charge in [-0.05, 0) is 28.8 Å². The van der Waals surface area contributed by atoms with Gasteiger partial charge in [-0.3, -0.25) is 0 Å². The lowest BCUT2D eigenvalue weighted by Crippen LogP contribution is -1.90. The molecule has 0 amide bonds. The van der Waals surface area contributed by atoms with Crippen molar-refractivity contribution in [1.82, 2.24) is 0 Å². The average molecular weight is 298 g/mol. The van der Waals surface area contributed by atoms with Gasteiger partial charge in [0, 0.05) is 10.5 Å². The Kier molecular flexibility index (Phi) is 3.76. The van der Waals surface area contributed by atoms with Gasteiger partial charge < -0.3 is 0 Å². The molecule has 0 saturated carbocycles. The second-order valence-corrected chi connectivity index (χ2v) is 5.18. The summed E-state index contributed by atoms with van der Waals surface area (Å²) in [6, 6.07) is 19.5. The van der Waals surface area contributed by atoms with E-state index in [0.717, 1.165) is 17.2 Å². The standard InChI is InChI=1S/C18H12F2S/c19-16-8-4-7-15(18(16)20)14-10-9-13(11-17(14)21)12-5-2-1-3-6-12/h1-11,21H. The van der Waals surface area contributed by atoms with Crippen LogP contribution in [0.1, 0.15) is 0 Å². The van der Waals surface area contributed by atoms with Crippen molar-refractivity contribution in [3.05, 3.63) is 78.4 Å². The Morgan fingerprint density at radius 2 is 1.43 bits per heavy atom. The summed E-state index contributed by atoms with van der Waals surface area (Å²) < 4.78 is 27.2. The summed E-state index contributed by atoms with van der Waals surface area (Å²) in [6.45, 7) is 0. The van der Waals surface area contributed by atoms with Gasteiger partial charge in [-0.1, -0.05) is 54.6 Å². The molecule has 0 aliphatic rings. The maximum absolute atomic E-state index is 13.9. The van der Waals surface area contributed by atoms with Crippen LogP contribution in [0.5, 0.6) is 0 Å². The molecule has 0 saturated heterocycles. The Hall–Kier alpha value is -2.13. The predicted octanol–water partition coefficient (Wildman–Crippen LogP) is 5.59. The molecule has 0 nitrogen and oxygen atoms in total. The number of hydrogen-bond donors (Lipinski definition) is 1. The third-order valence-corrected chi connectivity index (χ3v) is 3.72. The van der Waals surface area contributed by atoms with E-state index in [1.807, 2.05) is 42.5 Å². The molecule has 104 valence electrons. The molecule has 0 atom stereocenters. The van der Waals surface area contributed by atoms with Gasteiger partial charge in [0.2, 0.25) is 0 Å². The van der Waals surface area contributed by atoms with Gasteiger partial charge in [0.15, 0.2) is 11.6 Å². The Balaban J connectivity index is 2.09. The number of thiol groups is 1. The van der Waals surface area contributed by atoms with Crippen molar-refractivity contribution in [1.29, 1.82) is 0 Å². The minimum absolute atomic E-state index is 0.222. The molecule has 3 heteroatoms. The van der Waals surface area contributed by atoms with E-state index in [2.05, 4.69) is 12.6 Å². The highest BCUT2D eigenvalue weighted by atomic mass is 32.1. The third-order valence-electron chi connectivity index (χ3n) is 3.35. The molecule has 0 heterocycles. The van der Waals surface area contributed by atoms with Crippen molar-refractivity contribution in [2.75, 3.05) is 0 Å². The molecule has 0 aromatic heterocycles. The van der Waals surface area contributed by atoms with Gasteiger partial charge in [-0.25, -0.2) is 8.78 Å². The zero-order valence-electron chi connectivity index (χ0n) is 11.1. The lowest BCUT2D eigenvalue weighted by atomic mass is 10.00. The van der Waals surface area contributed by atoms with Crippen molar-refractivity contribution < 1.29 is 8.78 Å². The lowest BCUT2D eigenvalue weighted by molar-refractivity contribution is 0.511. The largest absolute Gasteiger partial charge is 0.204 e. The summed E-state index contributed by atoms with van der Waals surface area (Å²) in [5.41, 5.74) is 2.84. The summed E-state index contributed by atoms with van der Waals surface area (Å²) in [6.07, 6.45) is 0. The van der Waals surface area contributed by atoms with Crippen molar-refractivity contribution in [3.63, 3.8) is 0 Å². The first-order valence-corrected chi connectivity index (χ1v) is 6.94. The van der Waals surface area contributed by atoms with Crippen molar-refractivity contribution in [2.45, 2.75) is 4.90 Å². The monoisotopic (exact) mass is 298 g/mol. The van der Waals surface area contributed by atoms with Crippen LogP contribution in [0.15, 0.2) is 71.6 Å². The fourth-order valence-corrected chi connectivity index (χ4v) is 2.62. The fraction of sp³-hybridized carbons (Fsp3) is 0. The summed E-state index contributed by atoms with van der Waals surface area (Å²) in [5.74, 6) is -1.70. The van der Waals surface area contributed by atoms with E-state index in [-0.39, 0.29) is 5.56 Å². The lowest BCUT2D eigenvalue weighted by Gasteiger charge is -2.10. The highest BCUT2D eigenvalue weighted by molar-refractivity contribution is 7.80. The van der Waals surface area contributed by atoms with Crippen molar-refractivity contribution in [2.24, 2.45) is 0 Å². The van der Waals surface area contributed by atoms with E-state index >= 15 is 0 Å². The van der Waals surface area contributed by atoms with Crippen LogP contribution in [0.2, 0.25) is 0 Å². The fourth-order valence-electron chi connectivity index (χ4n) is 2.28. The topological polar surface area (TPSA) is 0 Å². The zero-order chi connectivity index (χ0) is 14.8. The number of benzene rings is 3. The highest BCUT2D eigenvalue weighted by Crippen LogP contribution is 2.33. The van der Waals surface area contributed by atoms with Crippen LogP contribution >= 0.6 is 12.6 Å². The van der Waals surface area contributed by atoms with E-state index in [4.69, 9.17) is 0 Å². The van der Waals surface area contributed by atoms with Gasteiger partial charge in [0.25, 0.3) is 0 Å². The average Bonchev–Trinajstić information content (AvgIpc) is 2.51. The van der Waals surface area contributed by atoms with Crippen LogP contribution in [-0.4, -0.2) is 0 Å². The summed E-state index contributed by atoms with van der Waals surface area (Å²) in [4.78, 5) is 0.612. The number of rotatable bonds is 2. The Morgan fingerprint density at radius 1 is 0.667 bits per heavy atom. The molecule has 0 bridgehead atoms. The normalized spacial score (nSPS) is 10.6. The van der Waals surface area contributed by atoms with Crippen LogP contribution in [0.4, 0.5) is 8.78 Å². The van der Waals surface area contributed by atoms with Gasteiger partial charge in [-0.2, -0.15) is 0 Å². The van der Waals surface area contributed by atoms with E-state index in [1.54, 1.807) is 12.1 Å². The molecule has 0 N–H and O–H groups in total. The van der Waals surface area contributed by atoms with Gasteiger partial charge in [0.1, 0.15) is 0 Å². The smallest absolute Gasteiger partial charge is 0.166 e. The molecular formula is C18H12F2S. The molecule has 0 aliphatic heterocycles. The molecule has 0 aliphatic carbocycles. The van der Waals surface area contributed by atoms with Crippen LogP contribution in [0.3, 0.4) is 0 Å². The first-order chi connectivity index (χ1) is 10.2. The first-order valence-electron chi connectivity index (χ1n) is 6.49. The Labute approximate surface area is 127 Å². The van der Waals surface area contributed by atoms with E-state index < -0.39 is 11.6 Å². The van der Waals surface area contributed by atoms with Crippen LogP contribution in [0.25, 0.3) is 22.3 Å².